The summed E-state index contributed by atoms with van der Waals surface area (Å²) in [6, 6.07) is 13.4. The van der Waals surface area contributed by atoms with E-state index in [1.807, 2.05) is 20.8 Å². The van der Waals surface area contributed by atoms with Gasteiger partial charge in [0.2, 0.25) is 0 Å². The fourth-order valence-corrected chi connectivity index (χ4v) is 3.37. The Labute approximate surface area is 143 Å². The molecule has 2 aromatic carbocycles. The molecule has 2 rings (SSSR count). The Morgan fingerprint density at radius 1 is 0.958 bits per heavy atom. The Morgan fingerprint density at radius 2 is 1.50 bits per heavy atom. The first kappa shape index (κ1) is 18.1. The van der Waals surface area contributed by atoms with Crippen LogP contribution in [0.1, 0.15) is 20.8 Å². The Bertz CT molecular complexity index is 753. The van der Waals surface area contributed by atoms with E-state index in [0.29, 0.717) is 23.8 Å². The molecule has 0 saturated carbocycles. The van der Waals surface area contributed by atoms with E-state index in [-0.39, 0.29) is 11.0 Å². The fourth-order valence-electron chi connectivity index (χ4n) is 2.18. The standard InChI is InChI=1S/C18H23NO4S/c1-5-22-16-10-12-18(13-11-16)24(20,21)19(4)15-6-8-17(9-7-15)23-14(2)3/h6-14H,5H2,1-4H3. The van der Waals surface area contributed by atoms with Gasteiger partial charge in [-0.2, -0.15) is 0 Å². The van der Waals surface area contributed by atoms with E-state index in [9.17, 15) is 8.42 Å². The first-order valence-corrected chi connectivity index (χ1v) is 9.27. The number of benzene rings is 2. The number of ether oxygens (including phenoxy) is 2. The van der Waals surface area contributed by atoms with E-state index in [0.717, 1.165) is 0 Å². The molecule has 0 heterocycles. The van der Waals surface area contributed by atoms with Crippen molar-refractivity contribution in [2.24, 2.45) is 0 Å². The molecule has 5 nitrogen and oxygen atoms in total. The number of rotatable bonds is 7. The lowest BCUT2D eigenvalue weighted by Crippen LogP contribution is -2.26. The van der Waals surface area contributed by atoms with Crippen molar-refractivity contribution in [2.45, 2.75) is 31.8 Å². The van der Waals surface area contributed by atoms with Gasteiger partial charge in [-0.25, -0.2) is 8.42 Å². The van der Waals surface area contributed by atoms with Gasteiger partial charge in [0.1, 0.15) is 11.5 Å². The van der Waals surface area contributed by atoms with Gasteiger partial charge >= 0.3 is 0 Å². The molecule has 0 aliphatic rings. The normalized spacial score (nSPS) is 11.4. The molecule has 0 bridgehead atoms. The topological polar surface area (TPSA) is 55.8 Å². The van der Waals surface area contributed by atoms with Crippen LogP contribution in [-0.2, 0) is 10.0 Å². The minimum absolute atomic E-state index is 0.0705. The molecule has 0 spiro atoms. The van der Waals surface area contributed by atoms with Crippen molar-refractivity contribution in [2.75, 3.05) is 18.0 Å². The van der Waals surface area contributed by atoms with E-state index in [1.165, 1.54) is 11.4 Å². The molecule has 0 saturated heterocycles. The van der Waals surface area contributed by atoms with Crippen LogP contribution in [-0.4, -0.2) is 28.2 Å². The van der Waals surface area contributed by atoms with Crippen LogP contribution in [0.5, 0.6) is 11.5 Å². The van der Waals surface area contributed by atoms with E-state index in [2.05, 4.69) is 0 Å². The first-order chi connectivity index (χ1) is 11.3. The van der Waals surface area contributed by atoms with Gasteiger partial charge in [0.05, 0.1) is 23.3 Å². The molecule has 2 aromatic rings. The molecule has 6 heteroatoms. The van der Waals surface area contributed by atoms with Gasteiger partial charge in [-0.15, -0.1) is 0 Å². The zero-order chi connectivity index (χ0) is 17.7. The highest BCUT2D eigenvalue weighted by Gasteiger charge is 2.21. The van der Waals surface area contributed by atoms with Gasteiger partial charge in [-0.1, -0.05) is 0 Å². The number of hydrogen-bond donors (Lipinski definition) is 0. The van der Waals surface area contributed by atoms with Gasteiger partial charge in [-0.3, -0.25) is 4.31 Å². The Morgan fingerprint density at radius 3 is 2.00 bits per heavy atom. The zero-order valence-corrected chi connectivity index (χ0v) is 15.2. The molecule has 130 valence electrons. The number of nitrogens with zero attached hydrogens (tertiary/aromatic N) is 1. The van der Waals surface area contributed by atoms with Gasteiger partial charge < -0.3 is 9.47 Å². The van der Waals surface area contributed by atoms with Crippen molar-refractivity contribution in [1.29, 1.82) is 0 Å². The highest BCUT2D eigenvalue weighted by molar-refractivity contribution is 7.92. The molecule has 0 N–H and O–H groups in total. The van der Waals surface area contributed by atoms with Crippen molar-refractivity contribution in [3.63, 3.8) is 0 Å². The average molecular weight is 349 g/mol. The fraction of sp³-hybridized carbons (Fsp3) is 0.333. The number of anilines is 1. The summed E-state index contributed by atoms with van der Waals surface area (Å²) in [5, 5.41) is 0. The van der Waals surface area contributed by atoms with E-state index < -0.39 is 10.0 Å². The molecular weight excluding hydrogens is 326 g/mol. The molecule has 0 fully saturated rings. The van der Waals surface area contributed by atoms with Crippen LogP contribution in [0.4, 0.5) is 5.69 Å². The van der Waals surface area contributed by atoms with E-state index in [1.54, 1.807) is 48.5 Å². The molecule has 0 unspecified atom stereocenters. The SMILES string of the molecule is CCOc1ccc(S(=O)(=O)N(C)c2ccc(OC(C)C)cc2)cc1. The second kappa shape index (κ2) is 7.57. The van der Waals surface area contributed by atoms with Crippen LogP contribution in [0.25, 0.3) is 0 Å². The summed E-state index contributed by atoms with van der Waals surface area (Å²) in [7, 11) is -2.09. The highest BCUT2D eigenvalue weighted by atomic mass is 32.2. The van der Waals surface area contributed by atoms with Crippen LogP contribution in [0.15, 0.2) is 53.4 Å². The smallest absolute Gasteiger partial charge is 0.264 e. The highest BCUT2D eigenvalue weighted by Crippen LogP contribution is 2.25. The lowest BCUT2D eigenvalue weighted by Gasteiger charge is -2.20. The third-order valence-corrected chi connectivity index (χ3v) is 5.17. The van der Waals surface area contributed by atoms with Gasteiger partial charge in [-0.05, 0) is 69.3 Å². The summed E-state index contributed by atoms with van der Waals surface area (Å²) in [4.78, 5) is 0.218. The van der Waals surface area contributed by atoms with Crippen LogP contribution < -0.4 is 13.8 Å². The van der Waals surface area contributed by atoms with Crippen molar-refractivity contribution in [1.82, 2.24) is 0 Å². The van der Waals surface area contributed by atoms with Crippen LogP contribution in [0, 0.1) is 0 Å². The van der Waals surface area contributed by atoms with Crippen molar-refractivity contribution >= 4 is 15.7 Å². The van der Waals surface area contributed by atoms with Crippen molar-refractivity contribution in [3.05, 3.63) is 48.5 Å². The number of hydrogen-bond acceptors (Lipinski definition) is 4. The molecular formula is C18H23NO4S. The molecule has 24 heavy (non-hydrogen) atoms. The van der Waals surface area contributed by atoms with E-state index in [4.69, 9.17) is 9.47 Å². The maximum Gasteiger partial charge on any atom is 0.264 e. The molecule has 0 radical (unpaired) electrons. The first-order valence-electron chi connectivity index (χ1n) is 7.83. The molecule has 0 aromatic heterocycles. The maximum atomic E-state index is 12.7. The second-order valence-corrected chi connectivity index (χ2v) is 7.51. The van der Waals surface area contributed by atoms with Gasteiger partial charge in [0.15, 0.2) is 0 Å². The van der Waals surface area contributed by atoms with Crippen LogP contribution in [0.3, 0.4) is 0 Å². The molecule has 0 amide bonds. The van der Waals surface area contributed by atoms with Gasteiger partial charge in [0, 0.05) is 7.05 Å². The molecule has 0 aliphatic carbocycles. The molecule has 0 aliphatic heterocycles. The lowest BCUT2D eigenvalue weighted by atomic mass is 10.3. The summed E-state index contributed by atoms with van der Waals surface area (Å²) in [5.74, 6) is 1.36. The zero-order valence-electron chi connectivity index (χ0n) is 14.4. The predicted molar refractivity (Wildman–Crippen MR) is 95.4 cm³/mol. The lowest BCUT2D eigenvalue weighted by molar-refractivity contribution is 0.242. The quantitative estimate of drug-likeness (QED) is 0.765. The Balaban J connectivity index is 2.21. The monoisotopic (exact) mass is 349 g/mol. The van der Waals surface area contributed by atoms with E-state index >= 15 is 0 Å². The van der Waals surface area contributed by atoms with Gasteiger partial charge in [0.25, 0.3) is 10.0 Å². The summed E-state index contributed by atoms with van der Waals surface area (Å²) < 4.78 is 37.6. The summed E-state index contributed by atoms with van der Waals surface area (Å²) in [6.07, 6.45) is 0.0705. The average Bonchev–Trinajstić information content (AvgIpc) is 2.55. The summed E-state index contributed by atoms with van der Waals surface area (Å²) in [6.45, 7) is 6.30. The Hall–Kier alpha value is -2.21. The predicted octanol–water partition coefficient (Wildman–Crippen LogP) is 3.70. The molecule has 0 atom stereocenters. The van der Waals surface area contributed by atoms with Crippen LogP contribution in [0.2, 0.25) is 0 Å². The van der Waals surface area contributed by atoms with Crippen molar-refractivity contribution in [3.8, 4) is 11.5 Å². The minimum Gasteiger partial charge on any atom is -0.494 e. The number of sulfonamides is 1. The maximum absolute atomic E-state index is 12.7. The van der Waals surface area contributed by atoms with Crippen LogP contribution >= 0.6 is 0 Å². The largest absolute Gasteiger partial charge is 0.494 e. The summed E-state index contributed by atoms with van der Waals surface area (Å²) in [5.41, 5.74) is 0.569. The third kappa shape index (κ3) is 4.20. The minimum atomic E-state index is -3.62. The third-order valence-electron chi connectivity index (χ3n) is 3.37. The second-order valence-electron chi connectivity index (χ2n) is 5.54. The van der Waals surface area contributed by atoms with Crippen molar-refractivity contribution < 1.29 is 17.9 Å². The summed E-state index contributed by atoms with van der Waals surface area (Å²) >= 11 is 0. The Kier molecular flexibility index (Phi) is 5.72.